The lowest BCUT2D eigenvalue weighted by Gasteiger charge is -2.08. The monoisotopic (exact) mass is 470 g/mol. The third-order valence-corrected chi connectivity index (χ3v) is 4.53. The molecule has 0 radical (unpaired) electrons. The summed E-state index contributed by atoms with van der Waals surface area (Å²) >= 11 is 0. The molecule has 138 valence electrons. The van der Waals surface area contributed by atoms with Crippen LogP contribution in [-0.4, -0.2) is 41.2 Å². The van der Waals surface area contributed by atoms with Crippen molar-refractivity contribution < 1.29 is 13.2 Å². The Morgan fingerprint density at radius 3 is 2.75 bits per heavy atom. The van der Waals surface area contributed by atoms with Crippen LogP contribution in [0.5, 0.6) is 0 Å². The average molecular weight is 470 g/mol. The molecule has 1 aromatic carbocycles. The minimum Gasteiger partial charge on any atom is -0.383 e. The summed E-state index contributed by atoms with van der Waals surface area (Å²) in [5.41, 5.74) is 6.54. The van der Waals surface area contributed by atoms with Gasteiger partial charge < -0.3 is 15.8 Å². The average Bonchev–Trinajstić information content (AvgIpc) is 2.54. The second-order valence-electron chi connectivity index (χ2n) is 5.02. The quantitative estimate of drug-likeness (QED) is 0.208. The lowest BCUT2D eigenvalue weighted by atomic mass is 10.2. The van der Waals surface area contributed by atoms with E-state index in [0.717, 1.165) is 24.9 Å². The van der Waals surface area contributed by atoms with Crippen LogP contribution < -0.4 is 15.8 Å². The molecule has 1 rings (SSSR count). The topological polar surface area (TPSA) is 106 Å². The normalized spacial score (nSPS) is 11.8. The van der Waals surface area contributed by atoms with E-state index in [0.29, 0.717) is 19.1 Å². The van der Waals surface area contributed by atoms with Crippen molar-refractivity contribution in [2.75, 3.05) is 26.8 Å². The van der Waals surface area contributed by atoms with Crippen molar-refractivity contribution in [2.45, 2.75) is 31.2 Å². The maximum Gasteiger partial charge on any atom is 0.240 e. The standard InChI is InChI=1S/C15H26N4O3S.HI/c1-3-4-8-17-15(16)18-12-13-6-5-7-14(11-13)23(20,21)19-9-10-22-2;/h5-7,11,19H,3-4,8-10,12H2,1-2H3,(H3,16,17,18);1H. The minimum atomic E-state index is -3.54. The highest BCUT2D eigenvalue weighted by Gasteiger charge is 2.13. The van der Waals surface area contributed by atoms with Gasteiger partial charge in [0, 0.05) is 20.2 Å². The van der Waals surface area contributed by atoms with E-state index in [-0.39, 0.29) is 35.4 Å². The molecule has 24 heavy (non-hydrogen) atoms. The van der Waals surface area contributed by atoms with E-state index in [2.05, 4.69) is 22.0 Å². The molecule has 1 aromatic rings. The number of hydrogen-bond donors (Lipinski definition) is 3. The van der Waals surface area contributed by atoms with E-state index in [9.17, 15) is 8.42 Å². The van der Waals surface area contributed by atoms with Crippen LogP contribution in [0.25, 0.3) is 0 Å². The number of benzene rings is 1. The lowest BCUT2D eigenvalue weighted by molar-refractivity contribution is 0.204. The zero-order valence-electron chi connectivity index (χ0n) is 14.1. The number of sulfonamides is 1. The zero-order valence-corrected chi connectivity index (χ0v) is 17.3. The van der Waals surface area contributed by atoms with Crippen molar-refractivity contribution in [1.29, 1.82) is 0 Å². The summed E-state index contributed by atoms with van der Waals surface area (Å²) in [4.78, 5) is 4.42. The number of guanidine groups is 1. The third-order valence-electron chi connectivity index (χ3n) is 3.08. The Labute approximate surface area is 161 Å². The third kappa shape index (κ3) is 8.81. The van der Waals surface area contributed by atoms with Gasteiger partial charge in [0.2, 0.25) is 10.0 Å². The molecule has 0 spiro atoms. The number of methoxy groups -OCH3 is 1. The highest BCUT2D eigenvalue weighted by atomic mass is 127. The van der Waals surface area contributed by atoms with Crippen molar-refractivity contribution in [3.63, 3.8) is 0 Å². The fourth-order valence-corrected chi connectivity index (χ4v) is 2.88. The van der Waals surface area contributed by atoms with Crippen molar-refractivity contribution in [2.24, 2.45) is 10.7 Å². The molecule has 0 unspecified atom stereocenters. The first-order chi connectivity index (χ1) is 11.0. The highest BCUT2D eigenvalue weighted by Crippen LogP contribution is 2.12. The van der Waals surface area contributed by atoms with Crippen LogP contribution in [0.15, 0.2) is 34.2 Å². The number of aliphatic imine (C=N–C) groups is 1. The smallest absolute Gasteiger partial charge is 0.240 e. The van der Waals surface area contributed by atoms with Crippen molar-refractivity contribution >= 4 is 40.0 Å². The number of hydrogen-bond acceptors (Lipinski definition) is 4. The number of halogens is 1. The highest BCUT2D eigenvalue weighted by molar-refractivity contribution is 14.0. The fourth-order valence-electron chi connectivity index (χ4n) is 1.80. The summed E-state index contributed by atoms with van der Waals surface area (Å²) in [6.07, 6.45) is 2.10. The number of unbranched alkanes of at least 4 members (excludes halogenated alkanes) is 1. The van der Waals surface area contributed by atoms with Gasteiger partial charge in [0.15, 0.2) is 5.96 Å². The molecule has 0 aliphatic heterocycles. The van der Waals surface area contributed by atoms with Gasteiger partial charge in [-0.25, -0.2) is 18.1 Å². The predicted molar refractivity (Wildman–Crippen MR) is 107 cm³/mol. The van der Waals surface area contributed by atoms with Crippen LogP contribution in [0.4, 0.5) is 0 Å². The lowest BCUT2D eigenvalue weighted by Crippen LogP contribution is -2.32. The largest absolute Gasteiger partial charge is 0.383 e. The van der Waals surface area contributed by atoms with Crippen LogP contribution in [-0.2, 0) is 21.3 Å². The molecule has 7 nitrogen and oxygen atoms in total. The Morgan fingerprint density at radius 2 is 2.08 bits per heavy atom. The molecular weight excluding hydrogens is 443 g/mol. The van der Waals surface area contributed by atoms with Crippen molar-refractivity contribution in [1.82, 2.24) is 10.0 Å². The van der Waals surface area contributed by atoms with E-state index in [1.54, 1.807) is 18.2 Å². The summed E-state index contributed by atoms with van der Waals surface area (Å²) in [6, 6.07) is 6.65. The first-order valence-corrected chi connectivity index (χ1v) is 9.09. The van der Waals surface area contributed by atoms with Gasteiger partial charge >= 0.3 is 0 Å². The number of rotatable bonds is 10. The Kier molecular flexibility index (Phi) is 12.0. The molecule has 4 N–H and O–H groups in total. The molecular formula is C15H27IN4O3S. The van der Waals surface area contributed by atoms with Gasteiger partial charge in [0.05, 0.1) is 18.0 Å². The zero-order chi connectivity index (χ0) is 17.1. The SMILES string of the molecule is CCCCNC(N)=NCc1cccc(S(=O)(=O)NCCOC)c1.I. The number of ether oxygens (including phenoxy) is 1. The van der Waals surface area contributed by atoms with Gasteiger partial charge in [-0.1, -0.05) is 25.5 Å². The minimum absolute atomic E-state index is 0. The summed E-state index contributed by atoms with van der Waals surface area (Å²) in [7, 11) is -2.02. The van der Waals surface area contributed by atoms with Crippen LogP contribution in [0.1, 0.15) is 25.3 Å². The van der Waals surface area contributed by atoms with E-state index < -0.39 is 10.0 Å². The van der Waals surface area contributed by atoms with Crippen LogP contribution in [0.2, 0.25) is 0 Å². The van der Waals surface area contributed by atoms with Gasteiger partial charge in [-0.3, -0.25) is 0 Å². The predicted octanol–water partition coefficient (Wildman–Crippen LogP) is 1.43. The van der Waals surface area contributed by atoms with Crippen molar-refractivity contribution in [3.8, 4) is 0 Å². The Morgan fingerprint density at radius 1 is 1.33 bits per heavy atom. The Hall–Kier alpha value is -0.910. The molecule has 0 saturated carbocycles. The van der Waals surface area contributed by atoms with Gasteiger partial charge in [0.25, 0.3) is 0 Å². The molecule has 0 amide bonds. The number of nitrogens with zero attached hydrogens (tertiary/aromatic N) is 1. The van der Waals surface area contributed by atoms with E-state index in [1.807, 2.05) is 6.07 Å². The molecule has 0 aliphatic carbocycles. The summed E-state index contributed by atoms with van der Waals surface area (Å²) in [5, 5.41) is 3.02. The van der Waals surface area contributed by atoms with Crippen LogP contribution in [0, 0.1) is 0 Å². The second-order valence-corrected chi connectivity index (χ2v) is 6.79. The van der Waals surface area contributed by atoms with Gasteiger partial charge in [-0.15, -0.1) is 24.0 Å². The van der Waals surface area contributed by atoms with Crippen molar-refractivity contribution in [3.05, 3.63) is 29.8 Å². The molecule has 9 heteroatoms. The summed E-state index contributed by atoms with van der Waals surface area (Å²) in [5.74, 6) is 0.366. The van der Waals surface area contributed by atoms with E-state index >= 15 is 0 Å². The molecule has 0 aromatic heterocycles. The molecule has 0 heterocycles. The van der Waals surface area contributed by atoms with Crippen LogP contribution in [0.3, 0.4) is 0 Å². The first-order valence-electron chi connectivity index (χ1n) is 7.61. The number of nitrogens with two attached hydrogens (primary N) is 1. The Balaban J connectivity index is 0.00000529. The molecule has 0 aliphatic rings. The van der Waals surface area contributed by atoms with Gasteiger partial charge in [-0.05, 0) is 24.1 Å². The van der Waals surface area contributed by atoms with Gasteiger partial charge in [0.1, 0.15) is 0 Å². The van der Waals surface area contributed by atoms with Gasteiger partial charge in [-0.2, -0.15) is 0 Å². The Bertz CT molecular complexity index is 608. The maximum absolute atomic E-state index is 12.1. The summed E-state index contributed by atoms with van der Waals surface area (Å²) < 4.78 is 31.6. The first kappa shape index (κ1) is 23.1. The molecule has 0 saturated heterocycles. The molecule has 0 fully saturated rings. The van der Waals surface area contributed by atoms with E-state index in [1.165, 1.54) is 7.11 Å². The van der Waals surface area contributed by atoms with E-state index in [4.69, 9.17) is 10.5 Å². The molecule has 0 atom stereocenters. The fraction of sp³-hybridized carbons (Fsp3) is 0.533. The number of nitrogens with one attached hydrogen (secondary N) is 2. The second kappa shape index (κ2) is 12.5. The molecule has 0 bridgehead atoms. The van der Waals surface area contributed by atoms with Crippen LogP contribution >= 0.6 is 24.0 Å². The maximum atomic E-state index is 12.1. The summed E-state index contributed by atoms with van der Waals surface area (Å²) in [6.45, 7) is 3.76.